The Hall–Kier alpha value is -1.86. The SMILES string of the molecule is CC[C@@H](N)C(=O)Nc1cc(C#N)ccc1C. The van der Waals surface area contributed by atoms with Crippen LogP contribution in [0.1, 0.15) is 24.5 Å². The van der Waals surface area contributed by atoms with Crippen molar-refractivity contribution in [2.45, 2.75) is 26.3 Å². The van der Waals surface area contributed by atoms with Crippen LogP contribution in [0.3, 0.4) is 0 Å². The van der Waals surface area contributed by atoms with Crippen LogP contribution in [0, 0.1) is 18.3 Å². The zero-order valence-electron chi connectivity index (χ0n) is 9.45. The molecule has 0 aliphatic heterocycles. The van der Waals surface area contributed by atoms with E-state index in [2.05, 4.69) is 5.32 Å². The first-order chi connectivity index (χ1) is 7.58. The minimum absolute atomic E-state index is 0.222. The second-order valence-corrected chi connectivity index (χ2v) is 3.65. The number of benzene rings is 1. The monoisotopic (exact) mass is 217 g/mol. The molecule has 84 valence electrons. The number of nitrogens with two attached hydrogens (primary N) is 1. The largest absolute Gasteiger partial charge is 0.324 e. The minimum Gasteiger partial charge on any atom is -0.324 e. The highest BCUT2D eigenvalue weighted by molar-refractivity contribution is 5.95. The van der Waals surface area contributed by atoms with Crippen molar-refractivity contribution in [2.24, 2.45) is 5.73 Å². The summed E-state index contributed by atoms with van der Waals surface area (Å²) < 4.78 is 0. The van der Waals surface area contributed by atoms with Crippen LogP contribution in [0.5, 0.6) is 0 Å². The lowest BCUT2D eigenvalue weighted by atomic mass is 10.1. The Morgan fingerprint density at radius 3 is 2.88 bits per heavy atom. The summed E-state index contributed by atoms with van der Waals surface area (Å²) in [6.07, 6.45) is 0.586. The van der Waals surface area contributed by atoms with Gasteiger partial charge in [-0.3, -0.25) is 4.79 Å². The van der Waals surface area contributed by atoms with Gasteiger partial charge in [-0.05, 0) is 31.0 Å². The fraction of sp³-hybridized carbons (Fsp3) is 0.333. The van der Waals surface area contributed by atoms with Crippen molar-refractivity contribution in [3.63, 3.8) is 0 Å². The third-order valence-electron chi connectivity index (χ3n) is 2.40. The highest BCUT2D eigenvalue weighted by Crippen LogP contribution is 2.16. The van der Waals surface area contributed by atoms with Gasteiger partial charge in [-0.15, -0.1) is 0 Å². The molecule has 1 amide bonds. The number of anilines is 1. The minimum atomic E-state index is -0.509. The van der Waals surface area contributed by atoms with Crippen LogP contribution in [0.4, 0.5) is 5.69 Å². The summed E-state index contributed by atoms with van der Waals surface area (Å²) in [5.41, 5.74) is 7.69. The highest BCUT2D eigenvalue weighted by Gasteiger charge is 2.12. The van der Waals surface area contributed by atoms with E-state index in [0.29, 0.717) is 17.7 Å². The zero-order valence-corrected chi connectivity index (χ0v) is 9.45. The van der Waals surface area contributed by atoms with Crippen molar-refractivity contribution < 1.29 is 4.79 Å². The fourth-order valence-corrected chi connectivity index (χ4v) is 1.24. The molecule has 0 heterocycles. The lowest BCUT2D eigenvalue weighted by molar-refractivity contribution is -0.117. The van der Waals surface area contributed by atoms with E-state index in [4.69, 9.17) is 11.0 Å². The van der Waals surface area contributed by atoms with Gasteiger partial charge in [0.2, 0.25) is 5.91 Å². The number of nitrogens with one attached hydrogen (secondary N) is 1. The first-order valence-corrected chi connectivity index (χ1v) is 5.15. The highest BCUT2D eigenvalue weighted by atomic mass is 16.2. The Balaban J connectivity index is 2.89. The fourth-order valence-electron chi connectivity index (χ4n) is 1.24. The van der Waals surface area contributed by atoms with Crippen LogP contribution in [0.25, 0.3) is 0 Å². The topological polar surface area (TPSA) is 78.9 Å². The second kappa shape index (κ2) is 5.29. The van der Waals surface area contributed by atoms with Crippen LogP contribution >= 0.6 is 0 Å². The number of carbonyl (C=O) groups excluding carboxylic acids is 1. The maximum Gasteiger partial charge on any atom is 0.241 e. The lowest BCUT2D eigenvalue weighted by Crippen LogP contribution is -2.35. The molecule has 0 unspecified atom stereocenters. The van der Waals surface area contributed by atoms with E-state index in [1.165, 1.54) is 0 Å². The van der Waals surface area contributed by atoms with Gasteiger partial charge in [-0.25, -0.2) is 0 Å². The predicted octanol–water partition coefficient (Wildman–Crippen LogP) is 1.54. The van der Waals surface area contributed by atoms with Crippen LogP contribution in [0.2, 0.25) is 0 Å². The average Bonchev–Trinajstić information content (AvgIpc) is 2.30. The number of hydrogen-bond acceptors (Lipinski definition) is 3. The number of rotatable bonds is 3. The Bertz CT molecular complexity index is 434. The molecule has 1 aromatic carbocycles. The molecular formula is C12H15N3O. The van der Waals surface area contributed by atoms with Crippen molar-refractivity contribution in [1.29, 1.82) is 5.26 Å². The van der Waals surface area contributed by atoms with Crippen LogP contribution in [-0.2, 0) is 4.79 Å². The third-order valence-corrected chi connectivity index (χ3v) is 2.40. The molecule has 0 bridgehead atoms. The summed E-state index contributed by atoms with van der Waals surface area (Å²) in [6, 6.07) is 6.68. The number of nitriles is 1. The summed E-state index contributed by atoms with van der Waals surface area (Å²) in [7, 11) is 0. The molecule has 0 aliphatic carbocycles. The van der Waals surface area contributed by atoms with Crippen LogP contribution in [-0.4, -0.2) is 11.9 Å². The van der Waals surface area contributed by atoms with E-state index < -0.39 is 6.04 Å². The molecular weight excluding hydrogens is 202 g/mol. The molecule has 1 rings (SSSR count). The molecule has 1 atom stereocenters. The predicted molar refractivity (Wildman–Crippen MR) is 62.8 cm³/mol. The van der Waals surface area contributed by atoms with E-state index in [0.717, 1.165) is 5.56 Å². The molecule has 0 saturated heterocycles. The van der Waals surface area contributed by atoms with Crippen LogP contribution in [0.15, 0.2) is 18.2 Å². The molecule has 4 nitrogen and oxygen atoms in total. The molecule has 0 aromatic heterocycles. The second-order valence-electron chi connectivity index (χ2n) is 3.65. The lowest BCUT2D eigenvalue weighted by Gasteiger charge is -2.12. The molecule has 16 heavy (non-hydrogen) atoms. The normalized spacial score (nSPS) is 11.6. The number of aryl methyl sites for hydroxylation is 1. The number of carbonyl (C=O) groups is 1. The van der Waals surface area contributed by atoms with Crippen molar-refractivity contribution in [1.82, 2.24) is 0 Å². The zero-order chi connectivity index (χ0) is 12.1. The summed E-state index contributed by atoms with van der Waals surface area (Å²) in [5.74, 6) is -0.222. The number of amides is 1. The first kappa shape index (κ1) is 12.2. The number of hydrogen-bond donors (Lipinski definition) is 2. The smallest absolute Gasteiger partial charge is 0.241 e. The maximum absolute atomic E-state index is 11.6. The molecule has 4 heteroatoms. The molecule has 1 aromatic rings. The first-order valence-electron chi connectivity index (χ1n) is 5.15. The Morgan fingerprint density at radius 1 is 1.62 bits per heavy atom. The quantitative estimate of drug-likeness (QED) is 0.806. The Labute approximate surface area is 95.1 Å². The van der Waals surface area contributed by atoms with E-state index in [9.17, 15) is 4.79 Å². The van der Waals surface area contributed by atoms with E-state index in [-0.39, 0.29) is 5.91 Å². The van der Waals surface area contributed by atoms with Gasteiger partial charge in [-0.2, -0.15) is 5.26 Å². The van der Waals surface area contributed by atoms with Gasteiger partial charge in [0.15, 0.2) is 0 Å². The molecule has 0 radical (unpaired) electrons. The summed E-state index contributed by atoms with van der Waals surface area (Å²) in [5, 5.41) is 11.5. The van der Waals surface area contributed by atoms with Crippen molar-refractivity contribution in [2.75, 3.05) is 5.32 Å². The van der Waals surface area contributed by atoms with Gasteiger partial charge < -0.3 is 11.1 Å². The van der Waals surface area contributed by atoms with Gasteiger partial charge in [0, 0.05) is 5.69 Å². The van der Waals surface area contributed by atoms with Gasteiger partial charge in [0.25, 0.3) is 0 Å². The van der Waals surface area contributed by atoms with Gasteiger partial charge >= 0.3 is 0 Å². The van der Waals surface area contributed by atoms with Crippen molar-refractivity contribution in [3.8, 4) is 6.07 Å². The van der Waals surface area contributed by atoms with Gasteiger partial charge in [-0.1, -0.05) is 13.0 Å². The standard InChI is InChI=1S/C12H15N3O/c1-3-10(14)12(16)15-11-6-9(7-13)5-4-8(11)2/h4-6,10H,3,14H2,1-2H3,(H,15,16)/t10-/m1/s1. The average molecular weight is 217 g/mol. The van der Waals surface area contributed by atoms with Crippen LogP contribution < -0.4 is 11.1 Å². The summed E-state index contributed by atoms with van der Waals surface area (Å²) >= 11 is 0. The summed E-state index contributed by atoms with van der Waals surface area (Å²) in [6.45, 7) is 3.72. The van der Waals surface area contributed by atoms with E-state index in [1.54, 1.807) is 18.2 Å². The molecule has 0 aliphatic rings. The van der Waals surface area contributed by atoms with E-state index >= 15 is 0 Å². The molecule has 0 spiro atoms. The number of nitrogens with zero attached hydrogens (tertiary/aromatic N) is 1. The Kier molecular flexibility index (Phi) is 4.03. The van der Waals surface area contributed by atoms with E-state index in [1.807, 2.05) is 19.9 Å². The van der Waals surface area contributed by atoms with Crippen molar-refractivity contribution >= 4 is 11.6 Å². The maximum atomic E-state index is 11.6. The Morgan fingerprint density at radius 2 is 2.31 bits per heavy atom. The van der Waals surface area contributed by atoms with Crippen molar-refractivity contribution in [3.05, 3.63) is 29.3 Å². The molecule has 0 saturated carbocycles. The molecule has 0 fully saturated rings. The molecule has 3 N–H and O–H groups in total. The van der Waals surface area contributed by atoms with Gasteiger partial charge in [0.05, 0.1) is 17.7 Å². The third kappa shape index (κ3) is 2.81. The van der Waals surface area contributed by atoms with Gasteiger partial charge in [0.1, 0.15) is 0 Å². The summed E-state index contributed by atoms with van der Waals surface area (Å²) in [4.78, 5) is 11.6.